The van der Waals surface area contributed by atoms with E-state index in [1.54, 1.807) is 0 Å². The van der Waals surface area contributed by atoms with E-state index in [1.807, 2.05) is 24.3 Å². The number of nitrogens with zero attached hydrogens (tertiary/aromatic N) is 2. The fourth-order valence-corrected chi connectivity index (χ4v) is 4.21. The van der Waals surface area contributed by atoms with Gasteiger partial charge in [0.25, 0.3) is 0 Å². The lowest BCUT2D eigenvalue weighted by Gasteiger charge is -1.99. The molecule has 0 aliphatic rings. The van der Waals surface area contributed by atoms with Crippen LogP contribution in [0.3, 0.4) is 0 Å². The Balaban J connectivity index is 1.68. The average molecular weight is 394 g/mol. The summed E-state index contributed by atoms with van der Waals surface area (Å²) in [6.07, 6.45) is 4.27. The Kier molecular flexibility index (Phi) is 3.64. The molecular weight excluding hydrogens is 377 g/mol. The van der Waals surface area contributed by atoms with Gasteiger partial charge in [0, 0.05) is 80.9 Å². The molecule has 0 radical (unpaired) electrons. The molecule has 3 aromatic heterocycles. The fraction of sp³-hybridized carbons (Fsp3) is 0.0909. The van der Waals surface area contributed by atoms with Crippen LogP contribution in [0.15, 0.2) is 60.9 Å². The SMILES string of the molecule is Cn1cc(-c2ccc(-c3cn(C)c4ccc(Cl)cc34)[nH]2)c2cc(Cl)ccc21. The van der Waals surface area contributed by atoms with Crippen molar-refractivity contribution in [2.75, 3.05) is 0 Å². The van der Waals surface area contributed by atoms with Crippen molar-refractivity contribution in [1.29, 1.82) is 0 Å². The lowest BCUT2D eigenvalue weighted by atomic mass is 10.1. The summed E-state index contributed by atoms with van der Waals surface area (Å²) in [6, 6.07) is 16.2. The average Bonchev–Trinajstić information content (AvgIpc) is 3.32. The van der Waals surface area contributed by atoms with Gasteiger partial charge in [-0.3, -0.25) is 0 Å². The highest BCUT2D eigenvalue weighted by molar-refractivity contribution is 6.32. The Bertz CT molecular complexity index is 1220. The van der Waals surface area contributed by atoms with Gasteiger partial charge in [-0.05, 0) is 48.5 Å². The van der Waals surface area contributed by atoms with Crippen LogP contribution in [0.5, 0.6) is 0 Å². The number of aromatic nitrogens is 3. The van der Waals surface area contributed by atoms with Crippen LogP contribution in [0.1, 0.15) is 0 Å². The van der Waals surface area contributed by atoms with E-state index in [1.165, 1.54) is 0 Å². The number of hydrogen-bond donors (Lipinski definition) is 1. The molecule has 134 valence electrons. The van der Waals surface area contributed by atoms with Crippen LogP contribution >= 0.6 is 23.2 Å². The molecule has 3 nitrogen and oxygen atoms in total. The second-order valence-electron chi connectivity index (χ2n) is 6.92. The number of halogens is 2. The van der Waals surface area contributed by atoms with Crippen LogP contribution in [0.4, 0.5) is 0 Å². The maximum Gasteiger partial charge on any atom is 0.0485 e. The highest BCUT2D eigenvalue weighted by atomic mass is 35.5. The topological polar surface area (TPSA) is 25.6 Å². The molecule has 0 saturated heterocycles. The van der Waals surface area contributed by atoms with Gasteiger partial charge in [-0.25, -0.2) is 0 Å². The number of aryl methyl sites for hydroxylation is 2. The molecule has 0 spiro atoms. The fourth-order valence-electron chi connectivity index (χ4n) is 3.87. The van der Waals surface area contributed by atoms with Gasteiger partial charge in [0.05, 0.1) is 0 Å². The maximum atomic E-state index is 6.24. The number of rotatable bonds is 2. The zero-order chi connectivity index (χ0) is 18.7. The van der Waals surface area contributed by atoms with Crippen molar-refractivity contribution in [3.63, 3.8) is 0 Å². The minimum absolute atomic E-state index is 0.741. The molecule has 1 N–H and O–H groups in total. The van der Waals surface area contributed by atoms with Crippen molar-refractivity contribution in [2.24, 2.45) is 14.1 Å². The van der Waals surface area contributed by atoms with Crippen molar-refractivity contribution in [3.8, 4) is 22.5 Å². The number of benzene rings is 2. The Morgan fingerprint density at radius 2 is 1.11 bits per heavy atom. The van der Waals surface area contributed by atoms with Crippen LogP contribution in [-0.2, 0) is 14.1 Å². The molecule has 0 unspecified atom stereocenters. The van der Waals surface area contributed by atoms with Crippen molar-refractivity contribution in [2.45, 2.75) is 0 Å². The van der Waals surface area contributed by atoms with Crippen LogP contribution in [0.2, 0.25) is 10.0 Å². The molecule has 3 heterocycles. The Hall–Kier alpha value is -2.62. The maximum absolute atomic E-state index is 6.24. The van der Waals surface area contributed by atoms with E-state index in [2.05, 4.69) is 64.9 Å². The molecule has 5 heteroatoms. The van der Waals surface area contributed by atoms with Gasteiger partial charge < -0.3 is 14.1 Å². The van der Waals surface area contributed by atoms with Crippen molar-refractivity contribution < 1.29 is 0 Å². The van der Waals surface area contributed by atoms with Crippen LogP contribution in [0.25, 0.3) is 44.3 Å². The third-order valence-corrected chi connectivity index (χ3v) is 5.64. The lowest BCUT2D eigenvalue weighted by molar-refractivity contribution is 0.969. The Morgan fingerprint density at radius 1 is 0.667 bits per heavy atom. The lowest BCUT2D eigenvalue weighted by Crippen LogP contribution is -1.82. The van der Waals surface area contributed by atoms with Gasteiger partial charge in [0.1, 0.15) is 0 Å². The second kappa shape index (κ2) is 5.95. The van der Waals surface area contributed by atoms with E-state index in [0.29, 0.717) is 0 Å². The number of nitrogens with one attached hydrogen (secondary N) is 1. The predicted octanol–water partition coefficient (Wildman–Crippen LogP) is 6.64. The molecule has 0 bridgehead atoms. The third kappa shape index (κ3) is 2.58. The summed E-state index contributed by atoms with van der Waals surface area (Å²) >= 11 is 12.5. The number of hydrogen-bond acceptors (Lipinski definition) is 0. The second-order valence-corrected chi connectivity index (χ2v) is 7.79. The molecule has 5 aromatic rings. The van der Waals surface area contributed by atoms with Gasteiger partial charge in [0.2, 0.25) is 0 Å². The number of aromatic amines is 1. The molecule has 27 heavy (non-hydrogen) atoms. The van der Waals surface area contributed by atoms with E-state index in [9.17, 15) is 0 Å². The van der Waals surface area contributed by atoms with Crippen molar-refractivity contribution in [3.05, 3.63) is 71.0 Å². The first-order valence-corrected chi connectivity index (χ1v) is 9.46. The van der Waals surface area contributed by atoms with E-state index in [4.69, 9.17) is 23.2 Å². The molecule has 0 aliphatic carbocycles. The summed E-state index contributed by atoms with van der Waals surface area (Å²) in [5.74, 6) is 0. The smallest absolute Gasteiger partial charge is 0.0485 e. The van der Waals surface area contributed by atoms with Crippen molar-refractivity contribution >= 4 is 45.0 Å². The summed E-state index contributed by atoms with van der Waals surface area (Å²) < 4.78 is 4.25. The minimum Gasteiger partial charge on any atom is -0.354 e. The minimum atomic E-state index is 0.741. The van der Waals surface area contributed by atoms with E-state index >= 15 is 0 Å². The zero-order valence-electron chi connectivity index (χ0n) is 14.9. The molecule has 0 fully saturated rings. The van der Waals surface area contributed by atoms with E-state index in [-0.39, 0.29) is 0 Å². The van der Waals surface area contributed by atoms with E-state index in [0.717, 1.165) is 54.4 Å². The van der Waals surface area contributed by atoms with Gasteiger partial charge in [-0.1, -0.05) is 23.2 Å². The first-order chi connectivity index (χ1) is 13.0. The van der Waals surface area contributed by atoms with Crippen LogP contribution in [-0.4, -0.2) is 14.1 Å². The highest BCUT2D eigenvalue weighted by Gasteiger charge is 2.14. The third-order valence-electron chi connectivity index (χ3n) is 5.17. The standard InChI is InChI=1S/C22H17Cl2N3/c1-26-11-17(15-9-13(23)3-7-21(15)26)19-5-6-20(25-19)18-12-27(2)22-8-4-14(24)10-16(18)22/h3-12,25H,1-2H3. The van der Waals surface area contributed by atoms with E-state index < -0.39 is 0 Å². The molecule has 0 saturated carbocycles. The normalized spacial score (nSPS) is 11.7. The van der Waals surface area contributed by atoms with Gasteiger partial charge >= 0.3 is 0 Å². The number of H-pyrrole nitrogens is 1. The summed E-state index contributed by atoms with van der Waals surface area (Å²) in [5, 5.41) is 3.76. The Morgan fingerprint density at radius 3 is 1.56 bits per heavy atom. The predicted molar refractivity (Wildman–Crippen MR) is 115 cm³/mol. The quantitative estimate of drug-likeness (QED) is 0.347. The highest BCUT2D eigenvalue weighted by Crippen LogP contribution is 2.36. The summed E-state index contributed by atoms with van der Waals surface area (Å²) in [7, 11) is 4.10. The molecule has 0 aliphatic heterocycles. The van der Waals surface area contributed by atoms with Gasteiger partial charge in [-0.2, -0.15) is 0 Å². The number of fused-ring (bicyclic) bond motifs is 2. The Labute approximate surface area is 166 Å². The molecule has 2 aromatic carbocycles. The molecule has 0 amide bonds. The first-order valence-electron chi connectivity index (χ1n) is 8.70. The summed E-state index contributed by atoms with van der Waals surface area (Å²) in [6.45, 7) is 0. The molecular formula is C22H17Cl2N3. The monoisotopic (exact) mass is 393 g/mol. The van der Waals surface area contributed by atoms with Crippen molar-refractivity contribution in [1.82, 2.24) is 14.1 Å². The summed E-state index contributed by atoms with van der Waals surface area (Å²) in [5.41, 5.74) is 6.72. The van der Waals surface area contributed by atoms with Crippen LogP contribution < -0.4 is 0 Å². The molecule has 0 atom stereocenters. The van der Waals surface area contributed by atoms with Gasteiger partial charge in [0.15, 0.2) is 0 Å². The first kappa shape index (κ1) is 16.5. The molecule has 5 rings (SSSR count). The largest absolute Gasteiger partial charge is 0.354 e. The summed E-state index contributed by atoms with van der Waals surface area (Å²) in [4.78, 5) is 3.58. The van der Waals surface area contributed by atoms with Crippen LogP contribution in [0, 0.1) is 0 Å². The zero-order valence-corrected chi connectivity index (χ0v) is 16.4. The van der Waals surface area contributed by atoms with Gasteiger partial charge in [-0.15, -0.1) is 0 Å².